The Balaban J connectivity index is 4.80. The minimum atomic E-state index is -1.49. The molecule has 0 saturated carbocycles. The zero-order chi connectivity index (χ0) is 12.8. The van der Waals surface area contributed by atoms with Crippen molar-refractivity contribution in [2.75, 3.05) is 13.2 Å². The van der Waals surface area contributed by atoms with E-state index in [1.54, 1.807) is 20.8 Å². The van der Waals surface area contributed by atoms with Crippen molar-refractivity contribution in [1.29, 1.82) is 0 Å². The van der Waals surface area contributed by atoms with Crippen LogP contribution >= 0.6 is 0 Å². The fourth-order valence-electron chi connectivity index (χ4n) is 1.23. The normalized spacial score (nSPS) is 16.1. The molecule has 5 heteroatoms. The molecule has 1 N–H and O–H groups in total. The van der Waals surface area contributed by atoms with E-state index in [0.29, 0.717) is 6.42 Å². The monoisotopic (exact) mass is 232 g/mol. The van der Waals surface area contributed by atoms with Crippen LogP contribution in [0.3, 0.4) is 0 Å². The van der Waals surface area contributed by atoms with Gasteiger partial charge in [0.1, 0.15) is 5.41 Å². The van der Waals surface area contributed by atoms with Crippen LogP contribution in [-0.2, 0) is 19.1 Å². The summed E-state index contributed by atoms with van der Waals surface area (Å²) in [5.41, 5.74) is -1.25. The van der Waals surface area contributed by atoms with E-state index in [1.165, 1.54) is 6.92 Å². The Labute approximate surface area is 95.7 Å². The van der Waals surface area contributed by atoms with Crippen LogP contribution < -0.4 is 0 Å². The van der Waals surface area contributed by atoms with Crippen molar-refractivity contribution in [2.45, 2.75) is 40.2 Å². The van der Waals surface area contributed by atoms with Gasteiger partial charge < -0.3 is 14.6 Å². The molecule has 2 atom stereocenters. The summed E-state index contributed by atoms with van der Waals surface area (Å²) in [7, 11) is 0. The van der Waals surface area contributed by atoms with E-state index >= 15 is 0 Å². The predicted molar refractivity (Wildman–Crippen MR) is 57.7 cm³/mol. The lowest BCUT2D eigenvalue weighted by Crippen LogP contribution is -2.46. The predicted octanol–water partition coefficient (Wildman–Crippen LogP) is 0.890. The summed E-state index contributed by atoms with van der Waals surface area (Å²) < 4.78 is 9.52. The molecule has 0 unspecified atom stereocenters. The average molecular weight is 232 g/mol. The number of carbonyl (C=O) groups excluding carboxylic acids is 2. The Hall–Kier alpha value is -1.10. The highest BCUT2D eigenvalue weighted by Crippen LogP contribution is 2.28. The van der Waals surface area contributed by atoms with E-state index in [1.807, 2.05) is 0 Å². The van der Waals surface area contributed by atoms with Gasteiger partial charge in [-0.1, -0.05) is 6.92 Å². The average Bonchev–Trinajstić information content (AvgIpc) is 2.27. The summed E-state index contributed by atoms with van der Waals surface area (Å²) in [6.45, 7) is 6.89. The third-order valence-corrected chi connectivity index (χ3v) is 2.59. The number of aliphatic hydroxyl groups excluding tert-OH is 1. The van der Waals surface area contributed by atoms with Crippen LogP contribution in [0.4, 0.5) is 0 Å². The molecule has 94 valence electrons. The molecular formula is C11H20O5. The van der Waals surface area contributed by atoms with Crippen LogP contribution in [0.1, 0.15) is 34.1 Å². The number of ether oxygens (including phenoxy) is 2. The van der Waals surface area contributed by atoms with Gasteiger partial charge in [-0.05, 0) is 27.2 Å². The highest BCUT2D eigenvalue weighted by atomic mass is 16.6. The molecule has 0 saturated heterocycles. The highest BCUT2D eigenvalue weighted by Gasteiger charge is 2.45. The Kier molecular flexibility index (Phi) is 6.03. The van der Waals surface area contributed by atoms with Crippen LogP contribution in [0.5, 0.6) is 0 Å². The van der Waals surface area contributed by atoms with Crippen molar-refractivity contribution in [1.82, 2.24) is 0 Å². The summed E-state index contributed by atoms with van der Waals surface area (Å²) in [5.74, 6) is -1.38. The number of hydrogen-bond donors (Lipinski definition) is 1. The molecule has 0 aromatic rings. The maximum Gasteiger partial charge on any atom is 0.336 e. The lowest BCUT2D eigenvalue weighted by atomic mass is 9.81. The van der Waals surface area contributed by atoms with Gasteiger partial charge in [0, 0.05) is 0 Å². The SMILES string of the molecule is CCOC(=O)[C@H](O)[C@](C)(CC)C(=O)OCC. The molecule has 0 amide bonds. The number of esters is 2. The Morgan fingerprint density at radius 3 is 2.06 bits per heavy atom. The lowest BCUT2D eigenvalue weighted by Gasteiger charge is -2.29. The van der Waals surface area contributed by atoms with Crippen molar-refractivity contribution < 1.29 is 24.2 Å². The van der Waals surface area contributed by atoms with Crippen molar-refractivity contribution in [3.8, 4) is 0 Å². The number of carbonyl (C=O) groups is 2. The lowest BCUT2D eigenvalue weighted by molar-refractivity contribution is -0.175. The molecule has 0 spiro atoms. The molecule has 16 heavy (non-hydrogen) atoms. The maximum atomic E-state index is 11.7. The van der Waals surface area contributed by atoms with Crippen molar-refractivity contribution >= 4 is 11.9 Å². The van der Waals surface area contributed by atoms with Crippen molar-refractivity contribution in [3.63, 3.8) is 0 Å². The topological polar surface area (TPSA) is 72.8 Å². The van der Waals surface area contributed by atoms with Gasteiger partial charge in [0.2, 0.25) is 0 Å². The van der Waals surface area contributed by atoms with E-state index in [9.17, 15) is 14.7 Å². The molecule has 0 aliphatic heterocycles. The van der Waals surface area contributed by atoms with E-state index in [2.05, 4.69) is 4.74 Å². The largest absolute Gasteiger partial charge is 0.465 e. The fourth-order valence-corrected chi connectivity index (χ4v) is 1.23. The van der Waals surface area contributed by atoms with Crippen LogP contribution in [0.2, 0.25) is 0 Å². The second-order valence-corrected chi connectivity index (χ2v) is 3.65. The maximum absolute atomic E-state index is 11.7. The molecule has 0 aliphatic rings. The standard InChI is InChI=1S/C11H20O5/c1-5-11(4,10(14)16-7-3)8(12)9(13)15-6-2/h8,12H,5-7H2,1-4H3/t8-,11-/m0/s1. The van der Waals surface area contributed by atoms with Gasteiger partial charge in [0.15, 0.2) is 6.10 Å². The van der Waals surface area contributed by atoms with Gasteiger partial charge >= 0.3 is 11.9 Å². The Morgan fingerprint density at radius 1 is 1.19 bits per heavy atom. The molecule has 0 fully saturated rings. The smallest absolute Gasteiger partial charge is 0.336 e. The number of rotatable bonds is 6. The molecule has 0 bridgehead atoms. The fraction of sp³-hybridized carbons (Fsp3) is 0.818. The summed E-state index contributed by atoms with van der Waals surface area (Å²) in [5, 5.41) is 9.79. The van der Waals surface area contributed by atoms with Gasteiger partial charge in [0.05, 0.1) is 13.2 Å². The first-order chi connectivity index (χ1) is 7.43. The summed E-state index contributed by atoms with van der Waals surface area (Å²) in [4.78, 5) is 23.0. The Bertz CT molecular complexity index is 251. The zero-order valence-electron chi connectivity index (χ0n) is 10.3. The summed E-state index contributed by atoms with van der Waals surface area (Å²) in [6.07, 6.45) is -1.19. The van der Waals surface area contributed by atoms with Crippen molar-refractivity contribution in [2.24, 2.45) is 5.41 Å². The minimum absolute atomic E-state index is 0.165. The molecule has 0 rings (SSSR count). The van der Waals surface area contributed by atoms with Crippen LogP contribution in [0, 0.1) is 5.41 Å². The third-order valence-electron chi connectivity index (χ3n) is 2.59. The number of aliphatic hydroxyl groups is 1. The zero-order valence-corrected chi connectivity index (χ0v) is 10.3. The van der Waals surface area contributed by atoms with E-state index < -0.39 is 23.5 Å². The Morgan fingerprint density at radius 2 is 1.69 bits per heavy atom. The van der Waals surface area contributed by atoms with E-state index in [0.717, 1.165) is 0 Å². The molecule has 0 aromatic carbocycles. The van der Waals surface area contributed by atoms with Crippen molar-refractivity contribution in [3.05, 3.63) is 0 Å². The molecule has 0 radical (unpaired) electrons. The second-order valence-electron chi connectivity index (χ2n) is 3.65. The quantitative estimate of drug-likeness (QED) is 0.688. The van der Waals surface area contributed by atoms with E-state index in [-0.39, 0.29) is 13.2 Å². The molecule has 0 aromatic heterocycles. The minimum Gasteiger partial charge on any atom is -0.465 e. The summed E-state index contributed by atoms with van der Waals surface area (Å²) >= 11 is 0. The van der Waals surface area contributed by atoms with Gasteiger partial charge in [-0.2, -0.15) is 0 Å². The first-order valence-corrected chi connectivity index (χ1v) is 5.45. The van der Waals surface area contributed by atoms with Gasteiger partial charge in [-0.15, -0.1) is 0 Å². The van der Waals surface area contributed by atoms with Crippen LogP contribution in [-0.4, -0.2) is 36.4 Å². The van der Waals surface area contributed by atoms with Gasteiger partial charge in [-0.3, -0.25) is 4.79 Å². The molecule has 0 aliphatic carbocycles. The molecule has 5 nitrogen and oxygen atoms in total. The highest BCUT2D eigenvalue weighted by molar-refractivity contribution is 5.86. The van der Waals surface area contributed by atoms with Crippen LogP contribution in [0.25, 0.3) is 0 Å². The molecular weight excluding hydrogens is 212 g/mol. The van der Waals surface area contributed by atoms with Gasteiger partial charge in [-0.25, -0.2) is 4.79 Å². The number of hydrogen-bond acceptors (Lipinski definition) is 5. The second kappa shape index (κ2) is 6.48. The first kappa shape index (κ1) is 14.9. The summed E-state index contributed by atoms with van der Waals surface area (Å²) in [6, 6.07) is 0. The first-order valence-electron chi connectivity index (χ1n) is 5.45. The van der Waals surface area contributed by atoms with Crippen LogP contribution in [0.15, 0.2) is 0 Å². The molecule has 0 heterocycles. The third kappa shape index (κ3) is 3.20. The van der Waals surface area contributed by atoms with E-state index in [4.69, 9.17) is 4.74 Å². The van der Waals surface area contributed by atoms with Gasteiger partial charge in [0.25, 0.3) is 0 Å².